The minimum absolute atomic E-state index is 0.179. The predicted molar refractivity (Wildman–Crippen MR) is 99.1 cm³/mol. The van der Waals surface area contributed by atoms with Gasteiger partial charge < -0.3 is 4.74 Å². The maximum atomic E-state index is 13.5. The number of esters is 1. The van der Waals surface area contributed by atoms with Crippen molar-refractivity contribution in [1.29, 1.82) is 0 Å². The second-order valence-electron chi connectivity index (χ2n) is 6.89. The van der Waals surface area contributed by atoms with Gasteiger partial charge in [-0.15, -0.1) is 0 Å². The van der Waals surface area contributed by atoms with E-state index in [1.165, 1.54) is 6.92 Å². The third-order valence-corrected chi connectivity index (χ3v) is 6.45. The Morgan fingerprint density at radius 3 is 2.38 bits per heavy atom. The highest BCUT2D eigenvalue weighted by atomic mass is 79.9. The first-order valence-corrected chi connectivity index (χ1v) is 9.33. The molecule has 132 valence electrons. The van der Waals surface area contributed by atoms with Gasteiger partial charge in [-0.25, -0.2) is 0 Å². The van der Waals surface area contributed by atoms with E-state index in [4.69, 9.17) is 4.74 Å². The smallest absolute Gasteiger partial charge is 0.326 e. The number of fused-ring (bicyclic) bond motifs is 3. The fourth-order valence-corrected chi connectivity index (χ4v) is 5.06. The molecule has 1 aliphatic carbocycles. The minimum atomic E-state index is -1.43. The molecule has 2 aliphatic rings. The highest BCUT2D eigenvalue weighted by Crippen LogP contribution is 2.80. The molecule has 1 aliphatic heterocycles. The van der Waals surface area contributed by atoms with Crippen LogP contribution < -0.4 is 4.74 Å². The van der Waals surface area contributed by atoms with Gasteiger partial charge in [-0.3, -0.25) is 14.4 Å². The molecule has 3 atom stereocenters. The largest absolute Gasteiger partial charge is 0.425 e. The molecule has 5 heteroatoms. The van der Waals surface area contributed by atoms with Crippen molar-refractivity contribution >= 4 is 33.5 Å². The van der Waals surface area contributed by atoms with E-state index in [2.05, 4.69) is 15.9 Å². The quantitative estimate of drug-likeness (QED) is 0.324. The highest BCUT2D eigenvalue weighted by molar-refractivity contribution is 9.10. The monoisotopic (exact) mass is 412 g/mol. The number of rotatable bonds is 4. The second-order valence-corrected chi connectivity index (χ2v) is 7.80. The van der Waals surface area contributed by atoms with Crippen LogP contribution in [0.2, 0.25) is 0 Å². The van der Waals surface area contributed by atoms with E-state index < -0.39 is 22.7 Å². The minimum Gasteiger partial charge on any atom is -0.425 e. The van der Waals surface area contributed by atoms with E-state index in [1.807, 2.05) is 19.1 Å². The molecule has 1 heterocycles. The van der Waals surface area contributed by atoms with Crippen LogP contribution in [0.15, 0.2) is 53.0 Å². The molecule has 0 radical (unpaired) electrons. The van der Waals surface area contributed by atoms with E-state index in [0.717, 1.165) is 10.0 Å². The van der Waals surface area contributed by atoms with Gasteiger partial charge in [0.2, 0.25) is 0 Å². The lowest BCUT2D eigenvalue weighted by molar-refractivity contribution is -0.148. The highest BCUT2D eigenvalue weighted by Gasteiger charge is 2.87. The Morgan fingerprint density at radius 2 is 1.77 bits per heavy atom. The molecule has 0 bridgehead atoms. The van der Waals surface area contributed by atoms with Crippen LogP contribution in [0.3, 0.4) is 0 Å². The number of carbonyl (C=O) groups excluding carboxylic acids is 3. The Hall–Kier alpha value is -2.27. The molecule has 4 rings (SSSR count). The lowest BCUT2D eigenvalue weighted by atomic mass is 9.81. The molecule has 1 saturated carbocycles. The lowest BCUT2D eigenvalue weighted by Gasteiger charge is -2.22. The van der Waals surface area contributed by atoms with Crippen LogP contribution in [0.5, 0.6) is 5.75 Å². The van der Waals surface area contributed by atoms with E-state index in [0.29, 0.717) is 17.7 Å². The normalized spacial score (nSPS) is 28.6. The Kier molecular flexibility index (Phi) is 3.70. The number of hydrogen-bond donors (Lipinski definition) is 0. The van der Waals surface area contributed by atoms with Crippen molar-refractivity contribution in [3.8, 4) is 5.75 Å². The SMILES string of the molecule is CC[C@@]1(C(=O)c2ccc(Br)cc2)[C@@H]2c3ccccc3OC(=O)[C@@]21C(C)=O. The molecule has 0 unspecified atom stereocenters. The number of ketones is 2. The number of carbonyl (C=O) groups is 3. The van der Waals surface area contributed by atoms with Crippen molar-refractivity contribution in [2.24, 2.45) is 10.8 Å². The number of halogens is 1. The molecule has 0 N–H and O–H groups in total. The van der Waals surface area contributed by atoms with Crippen LogP contribution in [0.25, 0.3) is 0 Å². The van der Waals surface area contributed by atoms with E-state index in [1.54, 1.807) is 36.4 Å². The van der Waals surface area contributed by atoms with Crippen molar-refractivity contribution in [1.82, 2.24) is 0 Å². The first-order chi connectivity index (χ1) is 12.4. The standard InChI is InChI=1S/C21H17BrO4/c1-3-20(18(24)13-8-10-14(22)11-9-13)17-15-6-4-5-7-16(15)26-19(25)21(17,20)12(2)23/h4-11,17H,3H2,1-2H3/t17-,20-,21+/m0/s1. The summed E-state index contributed by atoms with van der Waals surface area (Å²) in [7, 11) is 0. The predicted octanol–water partition coefficient (Wildman–Crippen LogP) is 4.32. The molecular weight excluding hydrogens is 396 g/mol. The third kappa shape index (κ3) is 1.87. The number of Topliss-reactive ketones (excluding diaryl/α,β-unsaturated/α-hetero) is 2. The molecular formula is C21H17BrO4. The van der Waals surface area contributed by atoms with Gasteiger partial charge in [0, 0.05) is 21.5 Å². The zero-order valence-electron chi connectivity index (χ0n) is 14.4. The van der Waals surface area contributed by atoms with Crippen LogP contribution in [-0.2, 0) is 9.59 Å². The van der Waals surface area contributed by atoms with Gasteiger partial charge in [0.25, 0.3) is 0 Å². The first-order valence-electron chi connectivity index (χ1n) is 8.54. The molecule has 0 spiro atoms. The van der Waals surface area contributed by atoms with Crippen molar-refractivity contribution < 1.29 is 19.1 Å². The lowest BCUT2D eigenvalue weighted by Crippen LogP contribution is -2.38. The molecule has 1 fully saturated rings. The summed E-state index contributed by atoms with van der Waals surface area (Å²) in [5.41, 5.74) is -1.28. The summed E-state index contributed by atoms with van der Waals surface area (Å²) in [4.78, 5) is 39.1. The summed E-state index contributed by atoms with van der Waals surface area (Å²) in [5.74, 6) is -1.14. The Labute approximate surface area is 159 Å². The summed E-state index contributed by atoms with van der Waals surface area (Å²) in [5, 5.41) is 0. The Balaban J connectivity index is 1.93. The topological polar surface area (TPSA) is 60.4 Å². The molecule has 0 amide bonds. The van der Waals surface area contributed by atoms with Gasteiger partial charge in [-0.1, -0.05) is 53.2 Å². The number of para-hydroxylation sites is 1. The molecule has 4 nitrogen and oxygen atoms in total. The van der Waals surface area contributed by atoms with Gasteiger partial charge in [-0.05, 0) is 31.5 Å². The summed E-state index contributed by atoms with van der Waals surface area (Å²) < 4.78 is 6.35. The average molecular weight is 413 g/mol. The second kappa shape index (κ2) is 5.61. The zero-order chi connectivity index (χ0) is 18.7. The Morgan fingerprint density at radius 1 is 1.12 bits per heavy atom. The molecule has 2 aromatic rings. The van der Waals surface area contributed by atoms with Crippen LogP contribution >= 0.6 is 15.9 Å². The van der Waals surface area contributed by atoms with Crippen molar-refractivity contribution in [3.05, 3.63) is 64.1 Å². The fourth-order valence-electron chi connectivity index (χ4n) is 4.80. The van der Waals surface area contributed by atoms with Crippen molar-refractivity contribution in [3.63, 3.8) is 0 Å². The summed E-state index contributed by atoms with van der Waals surface area (Å²) in [6.07, 6.45) is 0.385. The summed E-state index contributed by atoms with van der Waals surface area (Å²) in [6.45, 7) is 3.24. The van der Waals surface area contributed by atoms with Crippen LogP contribution in [0.4, 0.5) is 0 Å². The van der Waals surface area contributed by atoms with E-state index in [-0.39, 0.29) is 11.6 Å². The van der Waals surface area contributed by atoms with Crippen molar-refractivity contribution in [2.45, 2.75) is 26.2 Å². The van der Waals surface area contributed by atoms with E-state index in [9.17, 15) is 14.4 Å². The van der Waals surface area contributed by atoms with Gasteiger partial charge in [0.15, 0.2) is 5.78 Å². The van der Waals surface area contributed by atoms with E-state index >= 15 is 0 Å². The average Bonchev–Trinajstić information content (AvgIpc) is 3.29. The van der Waals surface area contributed by atoms with Gasteiger partial charge in [-0.2, -0.15) is 0 Å². The molecule has 0 saturated heterocycles. The van der Waals surface area contributed by atoms with Crippen LogP contribution in [-0.4, -0.2) is 17.5 Å². The molecule has 2 aromatic carbocycles. The van der Waals surface area contributed by atoms with Gasteiger partial charge >= 0.3 is 5.97 Å². The first kappa shape index (κ1) is 17.2. The zero-order valence-corrected chi connectivity index (χ0v) is 16.0. The summed E-state index contributed by atoms with van der Waals surface area (Å²) in [6, 6.07) is 14.2. The van der Waals surface area contributed by atoms with Crippen LogP contribution in [0.1, 0.15) is 42.1 Å². The van der Waals surface area contributed by atoms with Crippen molar-refractivity contribution in [2.75, 3.05) is 0 Å². The number of ether oxygens (including phenoxy) is 1. The fraction of sp³-hybridized carbons (Fsp3) is 0.286. The maximum absolute atomic E-state index is 13.5. The molecule has 0 aromatic heterocycles. The number of hydrogen-bond acceptors (Lipinski definition) is 4. The van der Waals surface area contributed by atoms with Gasteiger partial charge in [0.05, 0.1) is 5.41 Å². The van der Waals surface area contributed by atoms with Gasteiger partial charge in [0.1, 0.15) is 16.9 Å². The molecule has 26 heavy (non-hydrogen) atoms. The summed E-state index contributed by atoms with van der Waals surface area (Å²) >= 11 is 3.36. The third-order valence-electron chi connectivity index (χ3n) is 5.93. The van der Waals surface area contributed by atoms with Crippen LogP contribution in [0, 0.1) is 10.8 Å². The Bertz CT molecular complexity index is 949. The number of benzene rings is 2. The maximum Gasteiger partial charge on any atom is 0.326 e.